The molecule has 5 heteroatoms. The summed E-state index contributed by atoms with van der Waals surface area (Å²) in [6, 6.07) is 0. The van der Waals surface area contributed by atoms with Gasteiger partial charge in [-0.05, 0) is 11.6 Å². The Kier molecular flexibility index (Phi) is 3.83. The minimum Gasteiger partial charge on any atom is -0.476 e. The summed E-state index contributed by atoms with van der Waals surface area (Å²) in [7, 11) is 5.55. The van der Waals surface area contributed by atoms with Crippen LogP contribution >= 0.6 is 0 Å². The number of nitrogens with zero attached hydrogens (tertiary/aromatic N) is 1. The Balaban J connectivity index is 2.51. The first-order valence-corrected chi connectivity index (χ1v) is 4.27. The first kappa shape index (κ1) is 10.1. The first-order valence-electron chi connectivity index (χ1n) is 4.27. The molecule has 1 N–H and O–H groups in total. The summed E-state index contributed by atoms with van der Waals surface area (Å²) in [5, 5.41) is 12.3. The molecule has 0 fully saturated rings. The molecule has 1 heterocycles. The maximum Gasteiger partial charge on any atom is 0.247 e. The van der Waals surface area contributed by atoms with Gasteiger partial charge in [0, 0.05) is 5.46 Å². The van der Waals surface area contributed by atoms with Gasteiger partial charge < -0.3 is 14.4 Å². The van der Waals surface area contributed by atoms with Crippen LogP contribution in [0.15, 0.2) is 4.52 Å². The normalized spacial score (nSPS) is 10.3. The zero-order chi connectivity index (χ0) is 9.68. The molecule has 0 unspecified atom stereocenters. The van der Waals surface area contributed by atoms with Crippen molar-refractivity contribution < 1.29 is 14.4 Å². The first-order chi connectivity index (χ1) is 6.29. The predicted molar refractivity (Wildman–Crippen MR) is 48.2 cm³/mol. The van der Waals surface area contributed by atoms with E-state index in [1.165, 1.54) is 0 Å². The van der Waals surface area contributed by atoms with E-state index in [1.807, 2.05) is 0 Å². The Morgan fingerprint density at radius 3 is 2.92 bits per heavy atom. The summed E-state index contributed by atoms with van der Waals surface area (Å²) in [5.41, 5.74) is 0.290. The van der Waals surface area contributed by atoms with Crippen LogP contribution in [0.4, 0.5) is 0 Å². The summed E-state index contributed by atoms with van der Waals surface area (Å²) < 4.78 is 9.94. The smallest absolute Gasteiger partial charge is 0.247 e. The molecule has 1 aromatic heterocycles. The van der Waals surface area contributed by atoms with E-state index >= 15 is 0 Å². The van der Waals surface area contributed by atoms with Gasteiger partial charge in [0.15, 0.2) is 5.76 Å². The molecule has 0 atom stereocenters. The van der Waals surface area contributed by atoms with Gasteiger partial charge in [-0.25, -0.2) is 0 Å². The molecular weight excluding hydrogens is 169 g/mol. The zero-order valence-electron chi connectivity index (χ0n) is 7.62. The van der Waals surface area contributed by atoms with Crippen LogP contribution in [0.3, 0.4) is 0 Å². The van der Waals surface area contributed by atoms with E-state index in [2.05, 4.69) is 12.1 Å². The van der Waals surface area contributed by atoms with Gasteiger partial charge in [-0.3, -0.25) is 0 Å². The van der Waals surface area contributed by atoms with Crippen LogP contribution < -0.4 is 10.2 Å². The molecule has 70 valence electrons. The second kappa shape index (κ2) is 4.92. The average Bonchev–Trinajstić information content (AvgIpc) is 2.48. The monoisotopic (exact) mass is 181 g/mol. The van der Waals surface area contributed by atoms with Crippen LogP contribution in [0.5, 0.6) is 5.88 Å². The lowest BCUT2D eigenvalue weighted by Crippen LogP contribution is -2.11. The summed E-state index contributed by atoms with van der Waals surface area (Å²) in [4.78, 5) is 0. The lowest BCUT2D eigenvalue weighted by atomic mass is 9.97. The highest BCUT2D eigenvalue weighted by atomic mass is 16.5. The lowest BCUT2D eigenvalue weighted by molar-refractivity contribution is 0.222. The molecule has 0 spiro atoms. The molecular formula is C8H12BNO3. The Morgan fingerprint density at radius 2 is 2.38 bits per heavy atom. The SMILES string of the molecule is [B]c1c(OCCCC)noc1CO. The number of aromatic nitrogens is 1. The van der Waals surface area contributed by atoms with Gasteiger partial charge in [-0.15, -0.1) is 0 Å². The van der Waals surface area contributed by atoms with Crippen LogP contribution in [0, 0.1) is 0 Å². The van der Waals surface area contributed by atoms with E-state index in [9.17, 15) is 0 Å². The molecule has 0 bridgehead atoms. The van der Waals surface area contributed by atoms with Gasteiger partial charge in [0.25, 0.3) is 0 Å². The van der Waals surface area contributed by atoms with Crippen LogP contribution in [0.25, 0.3) is 0 Å². The van der Waals surface area contributed by atoms with Crippen molar-refractivity contribution in [3.05, 3.63) is 5.76 Å². The molecule has 1 aromatic rings. The summed E-state index contributed by atoms with van der Waals surface area (Å²) >= 11 is 0. The zero-order valence-corrected chi connectivity index (χ0v) is 7.62. The quantitative estimate of drug-likeness (QED) is 0.518. The molecule has 0 aliphatic heterocycles. The van der Waals surface area contributed by atoms with Gasteiger partial charge >= 0.3 is 0 Å². The number of ether oxygens (including phenoxy) is 1. The van der Waals surface area contributed by atoms with Crippen LogP contribution in [0.2, 0.25) is 0 Å². The third-order valence-electron chi connectivity index (χ3n) is 1.65. The van der Waals surface area contributed by atoms with E-state index < -0.39 is 0 Å². The van der Waals surface area contributed by atoms with Crippen molar-refractivity contribution in [2.24, 2.45) is 0 Å². The predicted octanol–water partition coefficient (Wildman–Crippen LogP) is 0.140. The highest BCUT2D eigenvalue weighted by Gasteiger charge is 2.10. The molecule has 0 saturated carbocycles. The highest BCUT2D eigenvalue weighted by molar-refractivity contribution is 6.34. The lowest BCUT2D eigenvalue weighted by Gasteiger charge is -2.00. The molecule has 0 aliphatic carbocycles. The fourth-order valence-corrected chi connectivity index (χ4v) is 0.845. The third-order valence-corrected chi connectivity index (χ3v) is 1.65. The van der Waals surface area contributed by atoms with Crippen LogP contribution in [0.1, 0.15) is 25.5 Å². The largest absolute Gasteiger partial charge is 0.476 e. The Labute approximate surface area is 78.3 Å². The molecule has 13 heavy (non-hydrogen) atoms. The highest BCUT2D eigenvalue weighted by Crippen LogP contribution is 2.07. The standard InChI is InChI=1S/C8H12BNO3/c1-2-3-4-12-8-7(9)6(5-11)13-10-8/h11H,2-5H2,1H3. The minimum absolute atomic E-state index is 0.254. The molecule has 1 rings (SSSR count). The van der Waals surface area contributed by atoms with Gasteiger partial charge in [0.2, 0.25) is 5.88 Å². The Bertz CT molecular complexity index is 262. The van der Waals surface area contributed by atoms with Crippen molar-refractivity contribution in [2.75, 3.05) is 6.61 Å². The van der Waals surface area contributed by atoms with Crippen LogP contribution in [-0.4, -0.2) is 24.7 Å². The molecule has 2 radical (unpaired) electrons. The number of aliphatic hydroxyl groups is 1. The molecule has 0 amide bonds. The van der Waals surface area contributed by atoms with Gasteiger partial charge in [0.1, 0.15) is 14.5 Å². The van der Waals surface area contributed by atoms with Crippen molar-refractivity contribution >= 4 is 13.3 Å². The maximum atomic E-state index is 8.73. The number of unbranched alkanes of at least 4 members (excludes halogenated alkanes) is 1. The fraction of sp³-hybridized carbons (Fsp3) is 0.625. The van der Waals surface area contributed by atoms with Gasteiger partial charge in [-0.1, -0.05) is 13.3 Å². The number of hydrogen-bond donors (Lipinski definition) is 1. The van der Waals surface area contributed by atoms with Crippen molar-refractivity contribution in [3.63, 3.8) is 0 Å². The topological polar surface area (TPSA) is 55.5 Å². The Morgan fingerprint density at radius 1 is 1.62 bits per heavy atom. The van der Waals surface area contributed by atoms with E-state index in [4.69, 9.17) is 22.2 Å². The van der Waals surface area contributed by atoms with Crippen molar-refractivity contribution in [1.29, 1.82) is 0 Å². The third kappa shape index (κ3) is 2.49. The van der Waals surface area contributed by atoms with Crippen LogP contribution in [-0.2, 0) is 6.61 Å². The summed E-state index contributed by atoms with van der Waals surface area (Å²) in [6.45, 7) is 2.38. The number of hydrogen-bond acceptors (Lipinski definition) is 4. The Hall–Kier alpha value is -0.965. The van der Waals surface area contributed by atoms with Crippen molar-refractivity contribution in [3.8, 4) is 5.88 Å². The second-order valence-corrected chi connectivity index (χ2v) is 2.68. The molecule has 0 saturated heterocycles. The number of rotatable bonds is 5. The summed E-state index contributed by atoms with van der Waals surface area (Å²) in [6.07, 6.45) is 1.99. The fourth-order valence-electron chi connectivity index (χ4n) is 0.845. The van der Waals surface area contributed by atoms with E-state index in [-0.39, 0.29) is 18.2 Å². The maximum absolute atomic E-state index is 8.73. The van der Waals surface area contributed by atoms with E-state index in [1.54, 1.807) is 0 Å². The molecule has 0 aromatic carbocycles. The van der Waals surface area contributed by atoms with Gasteiger partial charge in [-0.2, -0.15) is 0 Å². The number of aliphatic hydroxyl groups excluding tert-OH is 1. The minimum atomic E-state index is -0.254. The average molecular weight is 181 g/mol. The van der Waals surface area contributed by atoms with E-state index in [0.29, 0.717) is 12.1 Å². The molecule has 4 nitrogen and oxygen atoms in total. The summed E-state index contributed by atoms with van der Waals surface area (Å²) in [5.74, 6) is 0.531. The van der Waals surface area contributed by atoms with Gasteiger partial charge in [0.05, 0.1) is 6.61 Å². The second-order valence-electron chi connectivity index (χ2n) is 2.68. The van der Waals surface area contributed by atoms with E-state index in [0.717, 1.165) is 12.8 Å². The van der Waals surface area contributed by atoms with Crippen molar-refractivity contribution in [2.45, 2.75) is 26.4 Å². The van der Waals surface area contributed by atoms with Crippen molar-refractivity contribution in [1.82, 2.24) is 5.16 Å². The molecule has 0 aliphatic rings.